The van der Waals surface area contributed by atoms with Crippen molar-refractivity contribution in [2.75, 3.05) is 13.1 Å². The molecule has 1 aromatic rings. The van der Waals surface area contributed by atoms with Crippen LogP contribution in [0, 0.1) is 0 Å². The molecule has 0 aromatic heterocycles. The van der Waals surface area contributed by atoms with Crippen molar-refractivity contribution < 1.29 is 5.02 Å². The molecule has 1 aliphatic rings. The Hall–Kier alpha value is -0.365. The summed E-state index contributed by atoms with van der Waals surface area (Å²) in [4.78, 5) is 2.14. The van der Waals surface area contributed by atoms with Gasteiger partial charge in [0.05, 0.1) is 0 Å². The van der Waals surface area contributed by atoms with Crippen LogP contribution in [-0.4, -0.2) is 30.0 Å². The van der Waals surface area contributed by atoms with Crippen LogP contribution in [0.5, 0.6) is 0 Å². The Kier molecular flexibility index (Phi) is 6.92. The molecule has 1 aliphatic heterocycles. The fraction of sp³-hybridized carbons (Fsp3) is 0.571. The molecule has 1 unspecified atom stereocenters. The van der Waals surface area contributed by atoms with Gasteiger partial charge in [-0.2, -0.15) is 0 Å². The third kappa shape index (κ3) is 4.08. The Balaban J connectivity index is 0.000000771. The molecule has 0 saturated carbocycles. The van der Waals surface area contributed by atoms with Crippen molar-refractivity contribution in [2.24, 2.45) is 0 Å². The molecule has 4 heteroatoms. The highest BCUT2D eigenvalue weighted by atomic mass is 31.0. The van der Waals surface area contributed by atoms with Gasteiger partial charge in [0.2, 0.25) is 0 Å². The summed E-state index contributed by atoms with van der Waals surface area (Å²) in [5, 5.41) is 10.8. The summed E-state index contributed by atoms with van der Waals surface area (Å²) in [7, 11) is 2.52. The minimum Gasteiger partial charge on any atom is -0.437 e. The van der Waals surface area contributed by atoms with E-state index in [1.54, 1.807) is 0 Å². The number of rotatable bonds is 2. The summed E-state index contributed by atoms with van der Waals surface area (Å²) in [5.41, 5.74) is 1.46. The zero-order valence-electron chi connectivity index (χ0n) is 11.8. The van der Waals surface area contributed by atoms with E-state index in [0.29, 0.717) is 5.92 Å². The van der Waals surface area contributed by atoms with Gasteiger partial charge in [-0.05, 0) is 49.5 Å². The van der Waals surface area contributed by atoms with Crippen LogP contribution in [0.15, 0.2) is 24.3 Å². The number of hydrogen-bond acceptors (Lipinski definition) is 2. The van der Waals surface area contributed by atoms with Crippen LogP contribution >= 0.6 is 9.24 Å². The average molecular weight is 265 g/mol. The van der Waals surface area contributed by atoms with Crippen LogP contribution in [0.1, 0.15) is 38.2 Å². The molecular weight excluding hydrogens is 240 g/mol. The third-order valence-electron chi connectivity index (χ3n) is 3.49. The summed E-state index contributed by atoms with van der Waals surface area (Å²) in [6, 6.07) is 8.58. The zero-order chi connectivity index (χ0) is 13.5. The van der Waals surface area contributed by atoms with E-state index in [9.17, 15) is 5.02 Å². The number of nitrogens with zero attached hydrogens (tertiary/aromatic N) is 1. The van der Waals surface area contributed by atoms with Gasteiger partial charge in [-0.25, -0.2) is 0 Å². The molecule has 1 aromatic carbocycles. The van der Waals surface area contributed by atoms with Crippen LogP contribution < -0.4 is 5.30 Å². The Morgan fingerprint density at radius 1 is 1.22 bits per heavy atom. The highest BCUT2D eigenvalue weighted by molar-refractivity contribution is 7.27. The smallest absolute Gasteiger partial charge is 0.376 e. The molecular formula is C14H25BNOP. The van der Waals surface area contributed by atoms with Crippen molar-refractivity contribution in [2.45, 2.75) is 39.4 Å². The lowest BCUT2D eigenvalue weighted by molar-refractivity contribution is 0.290. The second-order valence-corrected chi connectivity index (χ2v) is 5.19. The van der Waals surface area contributed by atoms with Crippen LogP contribution in [0.2, 0.25) is 6.82 Å². The van der Waals surface area contributed by atoms with Gasteiger partial charge in [0.25, 0.3) is 0 Å². The largest absolute Gasteiger partial charge is 0.437 e. The maximum absolute atomic E-state index is 9.51. The summed E-state index contributed by atoms with van der Waals surface area (Å²) in [6.07, 6.45) is 2.30. The summed E-state index contributed by atoms with van der Waals surface area (Å²) < 4.78 is 0. The maximum atomic E-state index is 9.51. The van der Waals surface area contributed by atoms with E-state index in [4.69, 9.17) is 0 Å². The van der Waals surface area contributed by atoms with E-state index >= 15 is 0 Å². The predicted molar refractivity (Wildman–Crippen MR) is 84.5 cm³/mol. The van der Waals surface area contributed by atoms with Crippen LogP contribution in [0.4, 0.5) is 0 Å². The monoisotopic (exact) mass is 265 g/mol. The Bertz CT molecular complexity index is 351. The quantitative estimate of drug-likeness (QED) is 0.656. The van der Waals surface area contributed by atoms with Gasteiger partial charge in [0, 0.05) is 0 Å². The van der Waals surface area contributed by atoms with Crippen LogP contribution in [-0.2, 0) is 0 Å². The van der Waals surface area contributed by atoms with Crippen LogP contribution in [0.3, 0.4) is 0 Å². The normalized spacial score (nSPS) is 16.9. The van der Waals surface area contributed by atoms with Crippen molar-refractivity contribution in [3.63, 3.8) is 0 Å². The molecule has 18 heavy (non-hydrogen) atoms. The van der Waals surface area contributed by atoms with E-state index < -0.39 is 0 Å². The minimum atomic E-state index is -0.299. The predicted octanol–water partition coefficient (Wildman–Crippen LogP) is 2.50. The first-order valence-corrected chi connectivity index (χ1v) is 7.52. The fourth-order valence-corrected chi connectivity index (χ4v) is 2.91. The zero-order valence-corrected chi connectivity index (χ0v) is 12.9. The van der Waals surface area contributed by atoms with Crippen LogP contribution in [0.25, 0.3) is 0 Å². The number of benzene rings is 1. The molecule has 1 atom stereocenters. The summed E-state index contributed by atoms with van der Waals surface area (Å²) in [6.45, 7) is 7.85. The van der Waals surface area contributed by atoms with Gasteiger partial charge < -0.3 is 9.83 Å². The summed E-state index contributed by atoms with van der Waals surface area (Å²) >= 11 is 0. The Morgan fingerprint density at radius 3 is 2.28 bits per heavy atom. The molecule has 1 heterocycles. The topological polar surface area (TPSA) is 23.5 Å². The fourth-order valence-electron chi connectivity index (χ4n) is 2.47. The molecule has 1 fully saturated rings. The first kappa shape index (κ1) is 15.7. The Labute approximate surface area is 114 Å². The maximum Gasteiger partial charge on any atom is 0.376 e. The molecule has 1 saturated heterocycles. The third-order valence-corrected chi connectivity index (χ3v) is 4.02. The second kappa shape index (κ2) is 7.94. The van der Waals surface area contributed by atoms with Crippen molar-refractivity contribution >= 4 is 21.6 Å². The van der Waals surface area contributed by atoms with Crippen molar-refractivity contribution in [1.29, 1.82) is 0 Å². The first-order valence-electron chi connectivity index (χ1n) is 6.95. The SMILES string of the molecule is CB(O)N1CCC(c2ccccc2P)CC1.CC. The van der Waals surface area contributed by atoms with E-state index in [1.165, 1.54) is 10.9 Å². The minimum absolute atomic E-state index is 0.299. The number of hydrogen-bond donors (Lipinski definition) is 1. The van der Waals surface area contributed by atoms with Crippen molar-refractivity contribution in [3.8, 4) is 0 Å². The first-order chi connectivity index (χ1) is 8.68. The molecule has 2 nitrogen and oxygen atoms in total. The van der Waals surface area contributed by atoms with Crippen molar-refractivity contribution in [1.82, 2.24) is 4.81 Å². The van der Waals surface area contributed by atoms with Gasteiger partial charge in [-0.3, -0.25) is 0 Å². The summed E-state index contributed by atoms with van der Waals surface area (Å²) in [5.74, 6) is 0.656. The van der Waals surface area contributed by atoms with E-state index in [0.717, 1.165) is 25.9 Å². The molecule has 1 N–H and O–H groups in total. The standard InChI is InChI=1S/C12H19BNOP.C2H6/c1-13(15)14-8-6-10(7-9-14)11-4-2-3-5-12(11)16;1-2/h2-5,10,15H,6-9,16H2,1H3;1-2H3. The highest BCUT2D eigenvalue weighted by Crippen LogP contribution is 2.27. The van der Waals surface area contributed by atoms with Gasteiger partial charge in [-0.15, -0.1) is 9.24 Å². The second-order valence-electron chi connectivity index (χ2n) is 4.57. The molecule has 100 valence electrons. The molecule has 0 aliphatic carbocycles. The lowest BCUT2D eigenvalue weighted by Crippen LogP contribution is -2.42. The van der Waals surface area contributed by atoms with E-state index in [-0.39, 0.29) is 7.05 Å². The molecule has 2 rings (SSSR count). The van der Waals surface area contributed by atoms with E-state index in [1.807, 2.05) is 20.7 Å². The lowest BCUT2D eigenvalue weighted by atomic mass is 9.79. The highest BCUT2D eigenvalue weighted by Gasteiger charge is 2.25. The molecule has 0 spiro atoms. The van der Waals surface area contributed by atoms with E-state index in [2.05, 4.69) is 38.3 Å². The lowest BCUT2D eigenvalue weighted by Gasteiger charge is -2.33. The van der Waals surface area contributed by atoms with Gasteiger partial charge >= 0.3 is 7.05 Å². The Morgan fingerprint density at radius 2 is 1.78 bits per heavy atom. The van der Waals surface area contributed by atoms with Crippen molar-refractivity contribution in [3.05, 3.63) is 29.8 Å². The molecule has 0 amide bonds. The molecule has 0 bridgehead atoms. The average Bonchev–Trinajstić information content (AvgIpc) is 2.42. The molecule has 0 radical (unpaired) electrons. The van der Waals surface area contributed by atoms with Gasteiger partial charge in [0.15, 0.2) is 0 Å². The number of piperidine rings is 1. The van der Waals surface area contributed by atoms with Gasteiger partial charge in [-0.1, -0.05) is 38.1 Å². The van der Waals surface area contributed by atoms with Gasteiger partial charge in [0.1, 0.15) is 0 Å².